The Morgan fingerprint density at radius 1 is 1.09 bits per heavy atom. The molecule has 0 aromatic heterocycles. The first kappa shape index (κ1) is 24.4. The SMILES string of the molecule is COc1cc(C(=O)N2C[C@@H](C)C[C@H]2C(=O)N2CCC[C@H]2C#N)cc(OC)c1OCc1ccccc1. The first-order valence-corrected chi connectivity index (χ1v) is 11.9. The van der Waals surface area contributed by atoms with Crippen molar-refractivity contribution in [3.8, 4) is 23.3 Å². The van der Waals surface area contributed by atoms with Crippen LogP contribution in [-0.4, -0.2) is 61.0 Å². The predicted octanol–water partition coefficient (Wildman–Crippen LogP) is 3.65. The second-order valence-electron chi connectivity index (χ2n) is 9.12. The van der Waals surface area contributed by atoms with Crippen molar-refractivity contribution in [3.05, 3.63) is 53.6 Å². The summed E-state index contributed by atoms with van der Waals surface area (Å²) in [6.07, 6.45) is 2.06. The molecular formula is C27H31N3O5. The second-order valence-corrected chi connectivity index (χ2v) is 9.12. The summed E-state index contributed by atoms with van der Waals surface area (Å²) in [6, 6.07) is 14.2. The van der Waals surface area contributed by atoms with E-state index in [0.717, 1.165) is 12.0 Å². The summed E-state index contributed by atoms with van der Waals surface area (Å²) < 4.78 is 17.1. The van der Waals surface area contributed by atoms with Crippen molar-refractivity contribution in [1.82, 2.24) is 9.80 Å². The zero-order valence-electron chi connectivity index (χ0n) is 20.4. The van der Waals surface area contributed by atoms with Gasteiger partial charge in [-0.3, -0.25) is 9.59 Å². The highest BCUT2D eigenvalue weighted by molar-refractivity contribution is 5.99. The Labute approximate surface area is 206 Å². The molecule has 2 aromatic carbocycles. The van der Waals surface area contributed by atoms with Gasteiger partial charge in [-0.25, -0.2) is 0 Å². The van der Waals surface area contributed by atoms with Crippen LogP contribution in [0.4, 0.5) is 0 Å². The first-order valence-electron chi connectivity index (χ1n) is 11.9. The topological polar surface area (TPSA) is 92.1 Å². The molecule has 0 saturated carbocycles. The standard InChI is InChI=1S/C27H31N3O5/c1-18-12-22(27(32)29-11-7-10-21(29)15-28)30(16-18)26(31)20-13-23(33-2)25(24(14-20)34-3)35-17-19-8-5-4-6-9-19/h4-6,8-9,13-14,18,21-22H,7,10-12,16-17H2,1-3H3/t18-,21-,22-/m0/s1. The molecule has 0 aliphatic carbocycles. The Hall–Kier alpha value is -3.73. The van der Waals surface area contributed by atoms with Crippen LogP contribution in [0.1, 0.15) is 42.1 Å². The van der Waals surface area contributed by atoms with Gasteiger partial charge in [-0.2, -0.15) is 5.26 Å². The molecule has 4 rings (SSSR count). The molecule has 2 heterocycles. The zero-order chi connectivity index (χ0) is 24.9. The third kappa shape index (κ3) is 5.04. The van der Waals surface area contributed by atoms with Crippen LogP contribution in [0, 0.1) is 17.2 Å². The lowest BCUT2D eigenvalue weighted by Gasteiger charge is -2.29. The summed E-state index contributed by atoms with van der Waals surface area (Å²) in [7, 11) is 3.02. The molecule has 0 unspecified atom stereocenters. The van der Waals surface area contributed by atoms with E-state index in [1.807, 2.05) is 37.3 Å². The average Bonchev–Trinajstić information content (AvgIpc) is 3.53. The number of ether oxygens (including phenoxy) is 3. The Kier molecular flexibility index (Phi) is 7.45. The average molecular weight is 478 g/mol. The molecule has 184 valence electrons. The van der Waals surface area contributed by atoms with Gasteiger partial charge in [-0.1, -0.05) is 37.3 Å². The van der Waals surface area contributed by atoms with E-state index >= 15 is 0 Å². The number of rotatable bonds is 7. The quantitative estimate of drug-likeness (QED) is 0.605. The fourth-order valence-electron chi connectivity index (χ4n) is 4.90. The van der Waals surface area contributed by atoms with Crippen LogP contribution >= 0.6 is 0 Å². The minimum absolute atomic E-state index is 0.145. The van der Waals surface area contributed by atoms with E-state index in [4.69, 9.17) is 14.2 Å². The summed E-state index contributed by atoms with van der Waals surface area (Å²) in [6.45, 7) is 3.37. The van der Waals surface area contributed by atoms with E-state index < -0.39 is 12.1 Å². The normalized spacial score (nSPS) is 21.5. The van der Waals surface area contributed by atoms with Crippen molar-refractivity contribution in [3.63, 3.8) is 0 Å². The molecule has 2 aliphatic heterocycles. The van der Waals surface area contributed by atoms with Crippen molar-refractivity contribution in [2.45, 2.75) is 44.9 Å². The lowest BCUT2D eigenvalue weighted by atomic mass is 10.1. The van der Waals surface area contributed by atoms with E-state index in [0.29, 0.717) is 55.4 Å². The minimum Gasteiger partial charge on any atom is -0.493 e. The van der Waals surface area contributed by atoms with Gasteiger partial charge in [0, 0.05) is 18.7 Å². The fraction of sp³-hybridized carbons (Fsp3) is 0.444. The molecule has 2 aromatic rings. The maximum atomic E-state index is 13.6. The van der Waals surface area contributed by atoms with Crippen molar-refractivity contribution >= 4 is 11.8 Å². The van der Waals surface area contributed by atoms with Crippen LogP contribution in [0.3, 0.4) is 0 Å². The third-order valence-electron chi connectivity index (χ3n) is 6.67. The largest absolute Gasteiger partial charge is 0.493 e. The number of methoxy groups -OCH3 is 2. The molecule has 2 fully saturated rings. The number of likely N-dealkylation sites (tertiary alicyclic amines) is 2. The van der Waals surface area contributed by atoms with Gasteiger partial charge in [-0.05, 0) is 42.9 Å². The van der Waals surface area contributed by atoms with E-state index in [2.05, 4.69) is 6.07 Å². The van der Waals surface area contributed by atoms with Gasteiger partial charge in [0.1, 0.15) is 18.7 Å². The summed E-state index contributed by atoms with van der Waals surface area (Å²) in [5.74, 6) is 0.922. The van der Waals surface area contributed by atoms with Gasteiger partial charge in [0.15, 0.2) is 11.5 Å². The van der Waals surface area contributed by atoms with Gasteiger partial charge < -0.3 is 24.0 Å². The number of hydrogen-bond acceptors (Lipinski definition) is 6. The molecule has 0 spiro atoms. The van der Waals surface area contributed by atoms with Crippen molar-refractivity contribution in [2.75, 3.05) is 27.3 Å². The van der Waals surface area contributed by atoms with Gasteiger partial charge >= 0.3 is 0 Å². The Balaban J connectivity index is 1.59. The Morgan fingerprint density at radius 3 is 2.40 bits per heavy atom. The number of carbonyl (C=O) groups is 2. The molecule has 8 heteroatoms. The number of nitrogens with zero attached hydrogens (tertiary/aromatic N) is 3. The molecule has 0 bridgehead atoms. The monoisotopic (exact) mass is 477 g/mol. The highest BCUT2D eigenvalue weighted by Crippen LogP contribution is 2.40. The van der Waals surface area contributed by atoms with E-state index in [9.17, 15) is 14.9 Å². The zero-order valence-corrected chi connectivity index (χ0v) is 20.4. The van der Waals surface area contributed by atoms with E-state index in [-0.39, 0.29) is 17.7 Å². The van der Waals surface area contributed by atoms with E-state index in [1.165, 1.54) is 14.2 Å². The number of carbonyl (C=O) groups excluding carboxylic acids is 2. The molecular weight excluding hydrogens is 446 g/mol. The van der Waals surface area contributed by atoms with Gasteiger partial charge in [0.25, 0.3) is 5.91 Å². The third-order valence-corrected chi connectivity index (χ3v) is 6.67. The fourth-order valence-corrected chi connectivity index (χ4v) is 4.90. The smallest absolute Gasteiger partial charge is 0.254 e. The minimum atomic E-state index is -0.586. The highest BCUT2D eigenvalue weighted by Gasteiger charge is 2.43. The van der Waals surface area contributed by atoms with Crippen LogP contribution < -0.4 is 14.2 Å². The van der Waals surface area contributed by atoms with Crippen molar-refractivity contribution in [1.29, 1.82) is 5.26 Å². The molecule has 2 saturated heterocycles. The molecule has 8 nitrogen and oxygen atoms in total. The van der Waals surface area contributed by atoms with Gasteiger partial charge in [-0.15, -0.1) is 0 Å². The maximum Gasteiger partial charge on any atom is 0.254 e. The predicted molar refractivity (Wildman–Crippen MR) is 129 cm³/mol. The first-order chi connectivity index (χ1) is 17.0. The van der Waals surface area contributed by atoms with Crippen LogP contribution in [0.2, 0.25) is 0 Å². The summed E-state index contributed by atoms with van der Waals surface area (Å²) in [4.78, 5) is 30.2. The van der Waals surface area contributed by atoms with Crippen LogP contribution in [0.5, 0.6) is 17.2 Å². The number of amides is 2. The molecule has 0 N–H and O–H groups in total. The van der Waals surface area contributed by atoms with Crippen molar-refractivity contribution in [2.24, 2.45) is 5.92 Å². The molecule has 35 heavy (non-hydrogen) atoms. The molecule has 0 radical (unpaired) electrons. The number of benzene rings is 2. The van der Waals surface area contributed by atoms with Gasteiger partial charge in [0.2, 0.25) is 11.7 Å². The second kappa shape index (κ2) is 10.7. The van der Waals surface area contributed by atoms with Crippen LogP contribution in [-0.2, 0) is 11.4 Å². The van der Waals surface area contributed by atoms with Gasteiger partial charge in [0.05, 0.1) is 20.3 Å². The Morgan fingerprint density at radius 2 is 1.77 bits per heavy atom. The maximum absolute atomic E-state index is 13.6. The number of nitriles is 1. The number of hydrogen-bond donors (Lipinski definition) is 0. The summed E-state index contributed by atoms with van der Waals surface area (Å²) >= 11 is 0. The van der Waals surface area contributed by atoms with Crippen LogP contribution in [0.25, 0.3) is 0 Å². The molecule has 3 atom stereocenters. The lowest BCUT2D eigenvalue weighted by molar-refractivity contribution is -0.135. The summed E-state index contributed by atoms with van der Waals surface area (Å²) in [5.41, 5.74) is 1.35. The highest BCUT2D eigenvalue weighted by atomic mass is 16.5. The van der Waals surface area contributed by atoms with Crippen LogP contribution in [0.15, 0.2) is 42.5 Å². The molecule has 2 amide bonds. The molecule has 2 aliphatic rings. The lowest BCUT2D eigenvalue weighted by Crippen LogP contribution is -2.49. The summed E-state index contributed by atoms with van der Waals surface area (Å²) in [5, 5.41) is 9.43. The van der Waals surface area contributed by atoms with E-state index in [1.54, 1.807) is 21.9 Å². The van der Waals surface area contributed by atoms with Crippen molar-refractivity contribution < 1.29 is 23.8 Å². The Bertz CT molecular complexity index is 1090.